The van der Waals surface area contributed by atoms with Gasteiger partial charge in [0.15, 0.2) is 30.7 Å². The molecule has 2 saturated heterocycles. The zero-order valence-corrected chi connectivity index (χ0v) is 43.5. The molecule has 7 aromatic carbocycles. The second-order valence-corrected chi connectivity index (χ2v) is 18.4. The summed E-state index contributed by atoms with van der Waals surface area (Å²) in [5, 5.41) is 0. The predicted octanol–water partition coefficient (Wildman–Crippen LogP) is 8.59. The highest BCUT2D eigenvalue weighted by atomic mass is 16.8. The van der Waals surface area contributed by atoms with Crippen molar-refractivity contribution >= 4 is 41.8 Å². The Bertz CT molecular complexity index is 3210. The van der Waals surface area contributed by atoms with E-state index in [1.807, 2.05) is 0 Å². The highest BCUT2D eigenvalue weighted by molar-refractivity contribution is 5.92. The molecule has 9 rings (SSSR count). The van der Waals surface area contributed by atoms with Crippen molar-refractivity contribution < 1.29 is 85.7 Å². The van der Waals surface area contributed by atoms with Gasteiger partial charge in [-0.3, -0.25) is 4.79 Å². The third-order valence-electron chi connectivity index (χ3n) is 12.8. The van der Waals surface area contributed by atoms with Crippen molar-refractivity contribution in [1.29, 1.82) is 0 Å². The second kappa shape index (κ2) is 27.5. The molecule has 2 aliphatic rings. The molecular formula is C63H54O18. The quantitative estimate of drug-likeness (QED) is 0.0515. The Morgan fingerprint density at radius 1 is 0.333 bits per heavy atom. The number of benzene rings is 7. The smallest absolute Gasteiger partial charge is 0.338 e. The number of hydrogen-bond acceptors (Lipinski definition) is 18. The van der Waals surface area contributed by atoms with Crippen LogP contribution in [0.3, 0.4) is 0 Å². The van der Waals surface area contributed by atoms with Crippen LogP contribution in [0.4, 0.5) is 0 Å². The fraction of sp³-hybridized carbons (Fsp3) is 0.222. The van der Waals surface area contributed by atoms with Crippen LogP contribution < -0.4 is 0 Å². The lowest BCUT2D eigenvalue weighted by atomic mass is 9.95. The van der Waals surface area contributed by atoms with E-state index < -0.39 is 116 Å². The number of esters is 7. The third-order valence-corrected chi connectivity index (χ3v) is 12.8. The first kappa shape index (κ1) is 56.4. The van der Waals surface area contributed by atoms with Crippen molar-refractivity contribution in [2.75, 3.05) is 13.2 Å². The minimum atomic E-state index is -1.98. The molecule has 2 heterocycles. The lowest BCUT2D eigenvalue weighted by Gasteiger charge is -2.49. The molecule has 0 unspecified atom stereocenters. The molecular weight excluding hydrogens is 1040 g/mol. The molecule has 0 amide bonds. The highest BCUT2D eigenvalue weighted by Gasteiger charge is 2.58. The van der Waals surface area contributed by atoms with Crippen LogP contribution in [0, 0.1) is 0 Å². The topological polar surface area (TPSA) is 221 Å². The van der Waals surface area contributed by atoms with E-state index in [4.69, 9.17) is 52.1 Å². The summed E-state index contributed by atoms with van der Waals surface area (Å²) in [6.45, 7) is -0.500. The molecule has 0 aromatic heterocycles. The van der Waals surface area contributed by atoms with E-state index in [1.165, 1.54) is 72.8 Å². The van der Waals surface area contributed by atoms with E-state index in [2.05, 4.69) is 0 Å². The summed E-state index contributed by atoms with van der Waals surface area (Å²) < 4.78 is 69.6. The highest BCUT2D eigenvalue weighted by Crippen LogP contribution is 2.37. The van der Waals surface area contributed by atoms with Crippen LogP contribution >= 0.6 is 0 Å². The zero-order chi connectivity index (χ0) is 56.5. The van der Waals surface area contributed by atoms with Crippen LogP contribution in [0.15, 0.2) is 212 Å². The zero-order valence-electron chi connectivity index (χ0n) is 43.5. The van der Waals surface area contributed by atoms with Crippen molar-refractivity contribution in [2.24, 2.45) is 0 Å². The van der Waals surface area contributed by atoms with Gasteiger partial charge in [-0.2, -0.15) is 0 Å². The van der Waals surface area contributed by atoms with Crippen LogP contribution in [0.5, 0.6) is 0 Å². The Hall–Kier alpha value is -9.33. The number of carbonyl (C=O) groups is 7. The molecule has 18 nitrogen and oxygen atoms in total. The monoisotopic (exact) mass is 1100 g/mol. The fourth-order valence-corrected chi connectivity index (χ4v) is 8.89. The molecule has 10 atom stereocenters. The van der Waals surface area contributed by atoms with Crippen LogP contribution in [-0.4, -0.2) is 116 Å². The molecule has 414 valence electrons. The van der Waals surface area contributed by atoms with Crippen molar-refractivity contribution in [3.63, 3.8) is 0 Å². The summed E-state index contributed by atoms with van der Waals surface area (Å²) >= 11 is 0. The van der Waals surface area contributed by atoms with E-state index in [9.17, 15) is 33.6 Å². The second-order valence-electron chi connectivity index (χ2n) is 18.4. The number of ether oxygens (including phenoxy) is 11. The molecule has 0 radical (unpaired) electrons. The van der Waals surface area contributed by atoms with Crippen LogP contribution in [-0.2, 0) is 63.5 Å². The average molecular weight is 1100 g/mol. The van der Waals surface area contributed by atoms with Gasteiger partial charge < -0.3 is 52.1 Å². The van der Waals surface area contributed by atoms with Gasteiger partial charge >= 0.3 is 41.8 Å². The molecule has 7 aromatic rings. The summed E-state index contributed by atoms with van der Waals surface area (Å²) in [6, 6.07) is 56.2. The molecule has 0 aliphatic carbocycles. The Labute approximate surface area is 465 Å². The van der Waals surface area contributed by atoms with E-state index in [0.29, 0.717) is 5.56 Å². The molecule has 0 N–H and O–H groups in total. The maximum absolute atomic E-state index is 14.6. The summed E-state index contributed by atoms with van der Waals surface area (Å²) in [4.78, 5) is 98.2. The summed E-state index contributed by atoms with van der Waals surface area (Å²) in [6.07, 6.45) is -17.6. The van der Waals surface area contributed by atoms with Crippen LogP contribution in [0.25, 0.3) is 0 Å². The first-order valence-corrected chi connectivity index (χ1v) is 25.8. The Kier molecular flexibility index (Phi) is 19.2. The van der Waals surface area contributed by atoms with Crippen LogP contribution in [0.2, 0.25) is 0 Å². The molecule has 0 spiro atoms. The number of hydrogen-bond donors (Lipinski definition) is 0. The molecule has 0 saturated carbocycles. The van der Waals surface area contributed by atoms with Crippen LogP contribution in [0.1, 0.15) is 74.6 Å². The SMILES string of the molecule is CC(=O)O[C@@H]1O[C@H](COC(=O)c2ccccc2)[C@H](OC(=O)c2ccccc2)[C@H](O[C@H]2O[C@H](COC(=O)c3ccccc3)[C@H](OC(=O)c3ccccc3)[C@H](OCc3ccccc3)[C@H]2OC(=O)c2ccccc2)[C@H]1OC(=O)c1ccccc1. The van der Waals surface area contributed by atoms with Gasteiger partial charge in [0, 0.05) is 6.92 Å². The minimum absolute atomic E-state index is 0.0240. The molecule has 18 heteroatoms. The van der Waals surface area contributed by atoms with Crippen molar-refractivity contribution in [3.8, 4) is 0 Å². The van der Waals surface area contributed by atoms with Crippen molar-refractivity contribution in [2.45, 2.75) is 74.9 Å². The summed E-state index contributed by atoms with van der Waals surface area (Å²) in [5.74, 6) is -6.31. The van der Waals surface area contributed by atoms with E-state index in [-0.39, 0.29) is 40.0 Å². The predicted molar refractivity (Wildman–Crippen MR) is 285 cm³/mol. The van der Waals surface area contributed by atoms with Crippen molar-refractivity contribution in [1.82, 2.24) is 0 Å². The summed E-state index contributed by atoms with van der Waals surface area (Å²) in [7, 11) is 0. The van der Waals surface area contributed by atoms with Gasteiger partial charge in [0.05, 0.1) is 40.0 Å². The minimum Gasteiger partial charge on any atom is -0.459 e. The van der Waals surface area contributed by atoms with Gasteiger partial charge in [-0.1, -0.05) is 140 Å². The maximum Gasteiger partial charge on any atom is 0.338 e. The normalized spacial score (nSPS) is 22.1. The summed E-state index contributed by atoms with van der Waals surface area (Å²) in [5.41, 5.74) is 1.16. The molecule has 81 heavy (non-hydrogen) atoms. The first-order chi connectivity index (χ1) is 39.5. The number of carbonyl (C=O) groups excluding carboxylic acids is 7. The van der Waals surface area contributed by atoms with Gasteiger partial charge in [0.25, 0.3) is 0 Å². The largest absolute Gasteiger partial charge is 0.459 e. The Morgan fingerprint density at radius 3 is 0.988 bits per heavy atom. The van der Waals surface area contributed by atoms with Crippen molar-refractivity contribution in [3.05, 3.63) is 251 Å². The molecule has 2 aliphatic heterocycles. The van der Waals surface area contributed by atoms with E-state index in [0.717, 1.165) is 6.92 Å². The standard InChI is InChI=1S/C63H54O18/c1-40(64)74-62-55(80-61(70)47-35-21-8-22-36-47)53(51(78-59(68)45-31-17-6-18-32-45)49(75-62)39-73-57(66)43-27-13-4-14-28-43)81-63-54(79-60(69)46-33-19-7-20-34-46)52(71-37-41-23-9-2-10-24-41)50(77-58(67)44-29-15-5-16-30-44)48(76-63)38-72-56(65)42-25-11-3-12-26-42/h2-36,48-55,62-63H,37-39H2,1H3/t48-,49-,50+,51+,52+,53+,54-,55-,62-,63-/m1/s1. The van der Waals surface area contributed by atoms with Gasteiger partial charge in [-0.05, 0) is 78.4 Å². The van der Waals surface area contributed by atoms with E-state index in [1.54, 1.807) is 140 Å². The van der Waals surface area contributed by atoms with Gasteiger partial charge in [0.2, 0.25) is 6.29 Å². The Balaban J connectivity index is 1.20. The molecule has 2 fully saturated rings. The third kappa shape index (κ3) is 14.9. The number of rotatable bonds is 20. The first-order valence-electron chi connectivity index (χ1n) is 25.8. The average Bonchev–Trinajstić information content (AvgIpc) is 3.71. The fourth-order valence-electron chi connectivity index (χ4n) is 8.89. The Morgan fingerprint density at radius 2 is 0.630 bits per heavy atom. The lowest BCUT2D eigenvalue weighted by Crippen LogP contribution is -2.67. The molecule has 0 bridgehead atoms. The van der Waals surface area contributed by atoms with Gasteiger partial charge in [-0.25, -0.2) is 28.8 Å². The maximum atomic E-state index is 14.6. The van der Waals surface area contributed by atoms with E-state index >= 15 is 0 Å². The van der Waals surface area contributed by atoms with Gasteiger partial charge in [0.1, 0.15) is 37.6 Å². The lowest BCUT2D eigenvalue weighted by molar-refractivity contribution is -0.356. The van der Waals surface area contributed by atoms with Gasteiger partial charge in [-0.15, -0.1) is 0 Å².